The Morgan fingerprint density at radius 2 is 1.92 bits per heavy atom. The Hall–Kier alpha value is -1.29. The zero-order valence-electron chi connectivity index (χ0n) is 22.7. The van der Waals surface area contributed by atoms with E-state index in [9.17, 15) is 20.3 Å². The van der Waals surface area contributed by atoms with Gasteiger partial charge < -0.3 is 24.4 Å². The molecule has 0 bridgehead atoms. The van der Waals surface area contributed by atoms with Crippen LogP contribution in [-0.4, -0.2) is 63.9 Å². The molecule has 1 saturated heterocycles. The molecule has 8 nitrogen and oxygen atoms in total. The predicted octanol–water partition coefficient (Wildman–Crippen LogP) is 4.39. The van der Waals surface area contributed by atoms with Crippen molar-refractivity contribution in [3.63, 3.8) is 0 Å². The molecule has 0 aromatic heterocycles. The van der Waals surface area contributed by atoms with Crippen LogP contribution >= 0.6 is 0 Å². The van der Waals surface area contributed by atoms with Crippen LogP contribution in [0.4, 0.5) is 0 Å². The van der Waals surface area contributed by atoms with Crippen molar-refractivity contribution < 1.29 is 39.4 Å². The molecule has 0 aromatic carbocycles. The van der Waals surface area contributed by atoms with Crippen LogP contribution < -0.4 is 0 Å². The average Bonchev–Trinajstić information content (AvgIpc) is 2.79. The number of esters is 1. The van der Waals surface area contributed by atoms with Crippen LogP contribution in [0.5, 0.6) is 0 Å². The number of hydrogen-bond donors (Lipinski definition) is 3. The molecular formula is C28H46O8. The van der Waals surface area contributed by atoms with E-state index in [0.29, 0.717) is 12.3 Å². The summed E-state index contributed by atoms with van der Waals surface area (Å²) in [5.41, 5.74) is 0.176. The average molecular weight is 511 g/mol. The topological polar surface area (TPSA) is 115 Å². The Balaban J connectivity index is 1.76. The molecule has 8 heteroatoms. The van der Waals surface area contributed by atoms with Gasteiger partial charge in [-0.15, -0.1) is 6.58 Å². The maximum absolute atomic E-state index is 11.4. The van der Waals surface area contributed by atoms with E-state index in [4.69, 9.17) is 19.1 Å². The van der Waals surface area contributed by atoms with Crippen LogP contribution in [-0.2, 0) is 23.9 Å². The van der Waals surface area contributed by atoms with Crippen molar-refractivity contribution in [2.24, 2.45) is 22.7 Å². The molecule has 2 aliphatic carbocycles. The first-order valence-electron chi connectivity index (χ1n) is 13.2. The van der Waals surface area contributed by atoms with Gasteiger partial charge in [0.2, 0.25) is 0 Å². The van der Waals surface area contributed by atoms with Gasteiger partial charge in [-0.1, -0.05) is 39.8 Å². The Kier molecular flexibility index (Phi) is 8.80. The number of aliphatic hydroxyl groups excluding tert-OH is 2. The van der Waals surface area contributed by atoms with Crippen LogP contribution in [0.15, 0.2) is 24.8 Å². The SMILES string of the molecule is C=C[C@@](C)(CC[C@H]1C(=C)[C@H](OO)C[C@H]2C(C)(C)CCC[C@]12C)O[C@@H]1O[C@@H](C)[C@@H](OC(C)=O)[C@H](O)[C@H]1O. The number of hydrogen-bond acceptors (Lipinski definition) is 8. The first-order chi connectivity index (χ1) is 16.7. The molecule has 3 aliphatic rings. The molecule has 1 heterocycles. The molecule has 3 fully saturated rings. The Morgan fingerprint density at radius 3 is 2.50 bits per heavy atom. The largest absolute Gasteiger partial charge is 0.457 e. The first kappa shape index (κ1) is 29.3. The lowest BCUT2D eigenvalue weighted by atomic mass is 9.46. The lowest BCUT2D eigenvalue weighted by molar-refractivity contribution is -0.315. The van der Waals surface area contributed by atoms with Gasteiger partial charge in [0.25, 0.3) is 0 Å². The summed E-state index contributed by atoms with van der Waals surface area (Å²) in [6.07, 6.45) is 1.17. The van der Waals surface area contributed by atoms with E-state index in [-0.39, 0.29) is 16.7 Å². The summed E-state index contributed by atoms with van der Waals surface area (Å²) in [6, 6.07) is 0. The van der Waals surface area contributed by atoms with Crippen LogP contribution in [0.3, 0.4) is 0 Å². The van der Waals surface area contributed by atoms with Crippen LogP contribution in [0.2, 0.25) is 0 Å². The van der Waals surface area contributed by atoms with Gasteiger partial charge in [0.15, 0.2) is 12.4 Å². The van der Waals surface area contributed by atoms with Crippen LogP contribution in [0.1, 0.15) is 80.1 Å². The third-order valence-electron chi connectivity index (χ3n) is 9.34. The molecule has 0 aromatic rings. The lowest BCUT2D eigenvalue weighted by Crippen LogP contribution is -2.60. The third kappa shape index (κ3) is 5.59. The molecule has 0 spiro atoms. The van der Waals surface area contributed by atoms with Crippen molar-refractivity contribution >= 4 is 5.97 Å². The summed E-state index contributed by atoms with van der Waals surface area (Å²) in [6.45, 7) is 20.1. The van der Waals surface area contributed by atoms with E-state index >= 15 is 0 Å². The second-order valence-corrected chi connectivity index (χ2v) is 12.3. The summed E-state index contributed by atoms with van der Waals surface area (Å²) in [5, 5.41) is 30.9. The fraction of sp³-hybridized carbons (Fsp3) is 0.821. The van der Waals surface area contributed by atoms with E-state index < -0.39 is 48.4 Å². The fourth-order valence-corrected chi connectivity index (χ4v) is 7.17. The maximum Gasteiger partial charge on any atom is 0.303 e. The number of aliphatic hydroxyl groups is 2. The molecule has 1 aliphatic heterocycles. The van der Waals surface area contributed by atoms with E-state index in [1.165, 1.54) is 6.92 Å². The molecule has 10 atom stereocenters. The summed E-state index contributed by atoms with van der Waals surface area (Å²) in [5.74, 6) is -0.0847. The number of fused-ring (bicyclic) bond motifs is 1. The van der Waals surface area contributed by atoms with Crippen molar-refractivity contribution in [2.75, 3.05) is 0 Å². The minimum Gasteiger partial charge on any atom is -0.457 e. The molecule has 0 amide bonds. The summed E-state index contributed by atoms with van der Waals surface area (Å²) < 4.78 is 17.2. The number of carbonyl (C=O) groups excluding carboxylic acids is 1. The number of rotatable bonds is 8. The van der Waals surface area contributed by atoms with E-state index in [1.54, 1.807) is 13.0 Å². The molecule has 36 heavy (non-hydrogen) atoms. The number of ether oxygens (including phenoxy) is 3. The minimum atomic E-state index is -1.40. The Labute approximate surface area is 215 Å². The smallest absolute Gasteiger partial charge is 0.303 e. The molecule has 2 saturated carbocycles. The van der Waals surface area contributed by atoms with Crippen LogP contribution in [0.25, 0.3) is 0 Å². The van der Waals surface area contributed by atoms with Crippen molar-refractivity contribution in [1.29, 1.82) is 0 Å². The lowest BCUT2D eigenvalue weighted by Gasteiger charge is -2.59. The number of carbonyl (C=O) groups is 1. The first-order valence-corrected chi connectivity index (χ1v) is 13.2. The van der Waals surface area contributed by atoms with Gasteiger partial charge in [-0.3, -0.25) is 10.1 Å². The van der Waals surface area contributed by atoms with E-state index in [0.717, 1.165) is 37.7 Å². The van der Waals surface area contributed by atoms with Crippen molar-refractivity contribution in [2.45, 2.75) is 122 Å². The normalized spacial score (nSPS) is 42.2. The van der Waals surface area contributed by atoms with Gasteiger partial charge in [-0.2, -0.15) is 0 Å². The highest BCUT2D eigenvalue weighted by Crippen LogP contribution is 2.62. The van der Waals surface area contributed by atoms with Gasteiger partial charge in [-0.25, -0.2) is 4.89 Å². The van der Waals surface area contributed by atoms with Crippen molar-refractivity contribution in [3.8, 4) is 0 Å². The highest BCUT2D eigenvalue weighted by atomic mass is 17.1. The van der Waals surface area contributed by atoms with Gasteiger partial charge in [0, 0.05) is 6.92 Å². The summed E-state index contributed by atoms with van der Waals surface area (Å²) in [4.78, 5) is 16.3. The predicted molar refractivity (Wildman–Crippen MR) is 135 cm³/mol. The fourth-order valence-electron chi connectivity index (χ4n) is 7.17. The highest BCUT2D eigenvalue weighted by Gasteiger charge is 2.56. The molecule has 206 valence electrons. The second-order valence-electron chi connectivity index (χ2n) is 12.3. The molecular weight excluding hydrogens is 464 g/mol. The molecule has 0 radical (unpaired) electrons. The van der Waals surface area contributed by atoms with Gasteiger partial charge >= 0.3 is 5.97 Å². The maximum atomic E-state index is 11.4. The highest BCUT2D eigenvalue weighted by molar-refractivity contribution is 5.66. The summed E-state index contributed by atoms with van der Waals surface area (Å²) >= 11 is 0. The molecule has 0 unspecified atom stereocenters. The Morgan fingerprint density at radius 1 is 1.25 bits per heavy atom. The van der Waals surface area contributed by atoms with Gasteiger partial charge in [0.05, 0.1) is 11.7 Å². The molecule has 3 rings (SSSR count). The third-order valence-corrected chi connectivity index (χ3v) is 9.34. The van der Waals surface area contributed by atoms with Crippen molar-refractivity contribution in [1.82, 2.24) is 0 Å². The molecule has 3 N–H and O–H groups in total. The van der Waals surface area contributed by atoms with E-state index in [1.807, 2.05) is 6.92 Å². The second kappa shape index (κ2) is 10.8. The minimum absolute atomic E-state index is 0.0127. The standard InChI is InChI=1S/C28H46O8/c1-9-27(7,35-25-23(31)22(30)24(17(3)33-25)34-18(4)29)14-11-19-16(2)20(36-32)15-21-26(5,6)12-10-13-28(19,21)8/h9,17,19-25,30-32H,1-2,10-15H2,3-8H3/t17-,19-,20+,21-,22+,23+,24+,25-,27-,28+/m0/s1. The zero-order chi connectivity index (χ0) is 27.1. The van der Waals surface area contributed by atoms with Gasteiger partial charge in [0.1, 0.15) is 18.3 Å². The van der Waals surface area contributed by atoms with Crippen molar-refractivity contribution in [3.05, 3.63) is 24.8 Å². The zero-order valence-corrected chi connectivity index (χ0v) is 22.7. The summed E-state index contributed by atoms with van der Waals surface area (Å²) in [7, 11) is 0. The Bertz CT molecular complexity index is 826. The van der Waals surface area contributed by atoms with E-state index in [2.05, 4.69) is 33.9 Å². The van der Waals surface area contributed by atoms with Gasteiger partial charge in [-0.05, 0) is 74.2 Å². The quantitative estimate of drug-likeness (QED) is 0.191. The monoisotopic (exact) mass is 510 g/mol. The van der Waals surface area contributed by atoms with Crippen LogP contribution in [0, 0.1) is 22.7 Å².